The molecule has 1 atom stereocenters. The Balaban J connectivity index is 2.07. The maximum atomic E-state index is 5.41. The fourth-order valence-corrected chi connectivity index (χ4v) is 2.79. The van der Waals surface area contributed by atoms with Gasteiger partial charge in [-0.2, -0.15) is 5.10 Å². The van der Waals surface area contributed by atoms with Gasteiger partial charge in [-0.1, -0.05) is 0 Å². The van der Waals surface area contributed by atoms with Gasteiger partial charge in [0.15, 0.2) is 10.4 Å². The summed E-state index contributed by atoms with van der Waals surface area (Å²) in [5, 5.41) is 4.41. The summed E-state index contributed by atoms with van der Waals surface area (Å²) in [7, 11) is 1.96. The Hall–Kier alpha value is -1.14. The summed E-state index contributed by atoms with van der Waals surface area (Å²) >= 11 is 5.39. The van der Waals surface area contributed by atoms with Crippen LogP contribution in [0.3, 0.4) is 0 Å². The molecule has 5 nitrogen and oxygen atoms in total. The summed E-state index contributed by atoms with van der Waals surface area (Å²) in [5.74, 6) is 0.566. The van der Waals surface area contributed by atoms with Crippen LogP contribution in [0.5, 0.6) is 0 Å². The Morgan fingerprint density at radius 3 is 3.12 bits per heavy atom. The zero-order valence-electron chi connectivity index (χ0n) is 10.1. The molecule has 17 heavy (non-hydrogen) atoms. The number of fused-ring (bicyclic) bond motifs is 1. The van der Waals surface area contributed by atoms with E-state index >= 15 is 0 Å². The lowest BCUT2D eigenvalue weighted by Gasteiger charge is -2.09. The van der Waals surface area contributed by atoms with E-state index in [1.54, 1.807) is 0 Å². The number of ether oxygens (including phenoxy) is 1. The topological polar surface area (TPSA) is 47.8 Å². The minimum absolute atomic E-state index is 0.566. The molecule has 1 N–H and O–H groups in total. The fraction of sp³-hybridized carbons (Fsp3) is 0.636. The Morgan fingerprint density at radius 2 is 2.41 bits per heavy atom. The van der Waals surface area contributed by atoms with E-state index in [2.05, 4.69) is 14.6 Å². The van der Waals surface area contributed by atoms with Gasteiger partial charge in [0, 0.05) is 26.1 Å². The average molecular weight is 252 g/mol. The van der Waals surface area contributed by atoms with Gasteiger partial charge in [0.05, 0.1) is 12.3 Å². The van der Waals surface area contributed by atoms with Crippen molar-refractivity contribution < 1.29 is 4.74 Å². The second-order valence-corrected chi connectivity index (χ2v) is 5.06. The lowest BCUT2D eigenvalue weighted by molar-refractivity contribution is 0.182. The molecule has 0 amide bonds. The van der Waals surface area contributed by atoms with Gasteiger partial charge in [-0.15, -0.1) is 0 Å². The molecule has 3 rings (SSSR count). The number of nitrogens with one attached hydrogen (secondary N) is 1. The molecule has 0 saturated carbocycles. The standard InChI is InChI=1S/C11H16N4OS/c1-7-9-10(14(2)13-7)15(11(17)12-9)5-8-3-4-16-6-8/h8H,3-6H2,1-2H3,(H,12,17). The SMILES string of the molecule is Cc1nn(C)c2c1[nH]c(=S)n2CC1CCOC1. The van der Waals surface area contributed by atoms with Crippen molar-refractivity contribution in [1.82, 2.24) is 19.3 Å². The van der Waals surface area contributed by atoms with Crippen molar-refractivity contribution in [3.8, 4) is 0 Å². The fourth-order valence-electron chi connectivity index (χ4n) is 2.53. The highest BCUT2D eigenvalue weighted by atomic mass is 32.1. The first-order valence-electron chi connectivity index (χ1n) is 5.86. The molecule has 1 saturated heterocycles. The van der Waals surface area contributed by atoms with Crippen LogP contribution in [-0.4, -0.2) is 32.5 Å². The van der Waals surface area contributed by atoms with Gasteiger partial charge in [0.2, 0.25) is 0 Å². The molecule has 2 aromatic heterocycles. The highest BCUT2D eigenvalue weighted by Gasteiger charge is 2.19. The van der Waals surface area contributed by atoms with Crippen molar-refractivity contribution in [3.05, 3.63) is 10.5 Å². The van der Waals surface area contributed by atoms with Crippen LogP contribution < -0.4 is 0 Å². The molecule has 3 heterocycles. The van der Waals surface area contributed by atoms with E-state index in [0.717, 1.165) is 47.8 Å². The Kier molecular flexibility index (Phi) is 2.56. The number of rotatable bonds is 2. The molecule has 1 fully saturated rings. The lowest BCUT2D eigenvalue weighted by atomic mass is 10.1. The number of hydrogen-bond donors (Lipinski definition) is 1. The van der Waals surface area contributed by atoms with Crippen LogP contribution in [0.2, 0.25) is 0 Å². The van der Waals surface area contributed by atoms with Crippen molar-refractivity contribution in [2.24, 2.45) is 13.0 Å². The molecule has 0 aliphatic carbocycles. The van der Waals surface area contributed by atoms with E-state index in [1.807, 2.05) is 18.7 Å². The van der Waals surface area contributed by atoms with Crippen LogP contribution in [-0.2, 0) is 18.3 Å². The van der Waals surface area contributed by atoms with E-state index in [4.69, 9.17) is 17.0 Å². The molecule has 2 aromatic rings. The van der Waals surface area contributed by atoms with Crippen LogP contribution in [0.1, 0.15) is 12.1 Å². The molecule has 0 aromatic carbocycles. The third-order valence-corrected chi connectivity index (χ3v) is 3.71. The highest BCUT2D eigenvalue weighted by molar-refractivity contribution is 7.71. The molecule has 6 heteroatoms. The number of H-pyrrole nitrogens is 1. The Morgan fingerprint density at radius 1 is 1.59 bits per heavy atom. The summed E-state index contributed by atoms with van der Waals surface area (Å²) in [6.07, 6.45) is 1.12. The quantitative estimate of drug-likeness (QED) is 0.829. The van der Waals surface area contributed by atoms with Crippen LogP contribution in [0.4, 0.5) is 0 Å². The molecule has 0 spiro atoms. The van der Waals surface area contributed by atoms with Crippen LogP contribution in [0, 0.1) is 17.6 Å². The third-order valence-electron chi connectivity index (χ3n) is 3.39. The Labute approximate surface area is 104 Å². The number of aryl methyl sites for hydroxylation is 2. The molecule has 1 aliphatic heterocycles. The summed E-state index contributed by atoms with van der Waals surface area (Å²) in [6.45, 7) is 4.62. The van der Waals surface area contributed by atoms with Crippen molar-refractivity contribution in [3.63, 3.8) is 0 Å². The monoisotopic (exact) mass is 252 g/mol. The van der Waals surface area contributed by atoms with Gasteiger partial charge >= 0.3 is 0 Å². The third kappa shape index (κ3) is 1.71. The first-order valence-corrected chi connectivity index (χ1v) is 6.27. The smallest absolute Gasteiger partial charge is 0.179 e. The second-order valence-electron chi connectivity index (χ2n) is 4.68. The average Bonchev–Trinajstić information content (AvgIpc) is 2.93. The summed E-state index contributed by atoms with van der Waals surface area (Å²) in [4.78, 5) is 3.24. The predicted molar refractivity (Wildman–Crippen MR) is 67.6 cm³/mol. The number of hydrogen-bond acceptors (Lipinski definition) is 3. The van der Waals surface area contributed by atoms with E-state index < -0.39 is 0 Å². The predicted octanol–water partition coefficient (Wildman–Crippen LogP) is 1.78. The highest BCUT2D eigenvalue weighted by Crippen LogP contribution is 2.21. The van der Waals surface area contributed by atoms with Gasteiger partial charge in [-0.25, -0.2) is 0 Å². The maximum Gasteiger partial charge on any atom is 0.179 e. The van der Waals surface area contributed by atoms with E-state index in [9.17, 15) is 0 Å². The molecule has 0 radical (unpaired) electrons. The van der Waals surface area contributed by atoms with Crippen LogP contribution in [0.25, 0.3) is 11.2 Å². The largest absolute Gasteiger partial charge is 0.381 e. The zero-order valence-corrected chi connectivity index (χ0v) is 10.9. The number of imidazole rings is 1. The minimum Gasteiger partial charge on any atom is -0.381 e. The van der Waals surface area contributed by atoms with Gasteiger partial charge in [-0.05, 0) is 25.6 Å². The molecular weight excluding hydrogens is 236 g/mol. The van der Waals surface area contributed by atoms with Crippen LogP contribution >= 0.6 is 12.2 Å². The lowest BCUT2D eigenvalue weighted by Crippen LogP contribution is -2.12. The van der Waals surface area contributed by atoms with Gasteiger partial charge in [-0.3, -0.25) is 4.68 Å². The molecule has 92 valence electrons. The zero-order chi connectivity index (χ0) is 12.0. The van der Waals surface area contributed by atoms with E-state index in [1.165, 1.54) is 0 Å². The first kappa shape index (κ1) is 11.0. The molecule has 0 bridgehead atoms. The normalized spacial score (nSPS) is 20.5. The van der Waals surface area contributed by atoms with E-state index in [0.29, 0.717) is 5.92 Å². The van der Waals surface area contributed by atoms with Crippen molar-refractivity contribution in [2.75, 3.05) is 13.2 Å². The summed E-state index contributed by atoms with van der Waals surface area (Å²) < 4.78 is 10.2. The molecule has 1 aliphatic rings. The van der Waals surface area contributed by atoms with Gasteiger partial charge in [0.1, 0.15) is 5.52 Å². The molecular formula is C11H16N4OS. The first-order chi connectivity index (χ1) is 8.16. The summed E-state index contributed by atoms with van der Waals surface area (Å²) in [5.41, 5.74) is 3.13. The van der Waals surface area contributed by atoms with Crippen molar-refractivity contribution in [1.29, 1.82) is 0 Å². The number of nitrogens with zero attached hydrogens (tertiary/aromatic N) is 3. The van der Waals surface area contributed by atoms with Crippen molar-refractivity contribution >= 4 is 23.4 Å². The number of aromatic amines is 1. The van der Waals surface area contributed by atoms with Gasteiger partial charge < -0.3 is 14.3 Å². The van der Waals surface area contributed by atoms with E-state index in [-0.39, 0.29) is 0 Å². The number of aromatic nitrogens is 4. The van der Waals surface area contributed by atoms with Gasteiger partial charge in [0.25, 0.3) is 0 Å². The summed E-state index contributed by atoms with van der Waals surface area (Å²) in [6, 6.07) is 0. The maximum absolute atomic E-state index is 5.41. The van der Waals surface area contributed by atoms with Crippen molar-refractivity contribution in [2.45, 2.75) is 19.9 Å². The molecule has 1 unspecified atom stereocenters. The second kappa shape index (κ2) is 3.96. The minimum atomic E-state index is 0.566. The Bertz CT molecular complexity index is 603. The van der Waals surface area contributed by atoms with Crippen LogP contribution in [0.15, 0.2) is 0 Å².